The second-order valence-corrected chi connectivity index (χ2v) is 8.17. The smallest absolute Gasteiger partial charge is 0.241 e. The highest BCUT2D eigenvalue weighted by molar-refractivity contribution is 5.88. The van der Waals surface area contributed by atoms with Crippen molar-refractivity contribution in [1.29, 1.82) is 0 Å². The van der Waals surface area contributed by atoms with Gasteiger partial charge in [0.25, 0.3) is 0 Å². The molecule has 6 rings (SSSR count). The molecule has 2 fully saturated rings. The summed E-state index contributed by atoms with van der Waals surface area (Å²) >= 11 is 0. The fourth-order valence-corrected chi connectivity index (χ4v) is 4.58. The van der Waals surface area contributed by atoms with E-state index in [0.717, 1.165) is 66.7 Å². The number of ether oxygens (including phenoxy) is 1. The van der Waals surface area contributed by atoms with E-state index in [1.165, 1.54) is 0 Å². The first kappa shape index (κ1) is 17.8. The van der Waals surface area contributed by atoms with Crippen molar-refractivity contribution in [3.63, 3.8) is 0 Å². The first-order chi connectivity index (χ1) is 14.8. The standard InChI is InChI=1S/C23H24N6O/c1-2-17-12-16(3-4-21(17)24-6-1)20-5-7-29-22(20)15-25-23(27-29)26-18-13-19(14-18)28-8-10-30-11-9-28/h1-7,12,15,18-19H,8-11,13-14H2,(H,26,27). The number of hydrogen-bond acceptors (Lipinski definition) is 6. The maximum Gasteiger partial charge on any atom is 0.241 e. The van der Waals surface area contributed by atoms with Crippen molar-refractivity contribution in [2.45, 2.75) is 24.9 Å². The Labute approximate surface area is 174 Å². The minimum absolute atomic E-state index is 0.443. The summed E-state index contributed by atoms with van der Waals surface area (Å²) in [5, 5.41) is 9.33. The Hall–Kier alpha value is -3.03. The van der Waals surface area contributed by atoms with Gasteiger partial charge in [-0.15, -0.1) is 5.10 Å². The predicted molar refractivity (Wildman–Crippen MR) is 117 cm³/mol. The van der Waals surface area contributed by atoms with Crippen molar-refractivity contribution in [3.8, 4) is 11.1 Å². The lowest BCUT2D eigenvalue weighted by Crippen LogP contribution is -2.53. The van der Waals surface area contributed by atoms with Crippen LogP contribution in [0.15, 0.2) is 55.0 Å². The molecule has 1 aliphatic carbocycles. The van der Waals surface area contributed by atoms with Crippen molar-refractivity contribution in [2.24, 2.45) is 0 Å². The summed E-state index contributed by atoms with van der Waals surface area (Å²) in [6.07, 6.45) is 8.02. The van der Waals surface area contributed by atoms with Crippen LogP contribution in [0.1, 0.15) is 12.8 Å². The molecule has 1 aromatic carbocycles. The van der Waals surface area contributed by atoms with Crippen molar-refractivity contribution < 1.29 is 4.74 Å². The molecule has 1 N–H and O–H groups in total. The van der Waals surface area contributed by atoms with Gasteiger partial charge in [-0.3, -0.25) is 9.88 Å². The number of aromatic nitrogens is 4. The zero-order valence-electron chi connectivity index (χ0n) is 16.7. The van der Waals surface area contributed by atoms with Crippen molar-refractivity contribution in [1.82, 2.24) is 24.5 Å². The summed E-state index contributed by atoms with van der Waals surface area (Å²) in [6.45, 7) is 3.82. The Morgan fingerprint density at radius 1 is 1.03 bits per heavy atom. The Balaban J connectivity index is 1.18. The number of hydrogen-bond donors (Lipinski definition) is 1. The number of morpholine rings is 1. The van der Waals surface area contributed by atoms with Crippen LogP contribution in [0.2, 0.25) is 0 Å². The number of nitrogens with one attached hydrogen (secondary N) is 1. The highest BCUT2D eigenvalue weighted by Gasteiger charge is 2.34. The number of anilines is 1. The van der Waals surface area contributed by atoms with Crippen molar-refractivity contribution in [3.05, 3.63) is 55.0 Å². The van der Waals surface area contributed by atoms with Crippen LogP contribution < -0.4 is 5.32 Å². The van der Waals surface area contributed by atoms with E-state index >= 15 is 0 Å². The van der Waals surface area contributed by atoms with Crippen LogP contribution in [0.4, 0.5) is 5.95 Å². The third-order valence-electron chi connectivity index (χ3n) is 6.34. The highest BCUT2D eigenvalue weighted by atomic mass is 16.5. The molecule has 2 aliphatic rings. The van der Waals surface area contributed by atoms with Gasteiger partial charge in [0, 0.05) is 48.5 Å². The molecular formula is C23H24N6O. The van der Waals surface area contributed by atoms with E-state index in [9.17, 15) is 0 Å². The largest absolute Gasteiger partial charge is 0.379 e. The molecule has 0 amide bonds. The molecule has 1 saturated heterocycles. The molecule has 4 heterocycles. The van der Waals surface area contributed by atoms with Gasteiger partial charge in [0.1, 0.15) is 0 Å². The molecule has 1 aliphatic heterocycles. The van der Waals surface area contributed by atoms with Crippen LogP contribution in [0.5, 0.6) is 0 Å². The fraction of sp³-hybridized carbons (Fsp3) is 0.348. The molecule has 7 nitrogen and oxygen atoms in total. The third kappa shape index (κ3) is 3.20. The molecule has 0 bridgehead atoms. The predicted octanol–water partition coefficient (Wildman–Crippen LogP) is 3.22. The van der Waals surface area contributed by atoms with Crippen LogP contribution >= 0.6 is 0 Å². The van der Waals surface area contributed by atoms with E-state index in [1.54, 1.807) is 0 Å². The second-order valence-electron chi connectivity index (χ2n) is 8.17. The summed E-state index contributed by atoms with van der Waals surface area (Å²) < 4.78 is 7.37. The molecule has 1 saturated carbocycles. The number of pyridine rings is 1. The normalized spacial score (nSPS) is 22.3. The van der Waals surface area contributed by atoms with Gasteiger partial charge in [-0.2, -0.15) is 0 Å². The van der Waals surface area contributed by atoms with Gasteiger partial charge in [0.15, 0.2) is 0 Å². The lowest BCUT2D eigenvalue weighted by Gasteiger charge is -2.44. The first-order valence-corrected chi connectivity index (χ1v) is 10.6. The SMILES string of the molecule is c1cnc2ccc(-c3ccn4nc(NC5CC(N6CCOCC6)C5)ncc34)cc2c1. The van der Waals surface area contributed by atoms with E-state index in [4.69, 9.17) is 9.84 Å². The topological polar surface area (TPSA) is 67.6 Å². The average Bonchev–Trinajstić information content (AvgIpc) is 3.19. The Bertz CT molecular complexity index is 1190. The van der Waals surface area contributed by atoms with Gasteiger partial charge < -0.3 is 10.1 Å². The van der Waals surface area contributed by atoms with Crippen molar-refractivity contribution in [2.75, 3.05) is 31.6 Å². The Morgan fingerprint density at radius 2 is 1.93 bits per heavy atom. The van der Waals surface area contributed by atoms with Gasteiger partial charge in [0.05, 0.1) is 30.4 Å². The third-order valence-corrected chi connectivity index (χ3v) is 6.34. The van der Waals surface area contributed by atoms with Crippen LogP contribution in [0.25, 0.3) is 27.5 Å². The molecular weight excluding hydrogens is 376 g/mol. The second kappa shape index (κ2) is 7.34. The molecule has 30 heavy (non-hydrogen) atoms. The molecule has 0 unspecified atom stereocenters. The minimum Gasteiger partial charge on any atom is -0.379 e. The van der Waals surface area contributed by atoms with Crippen LogP contribution in [0.3, 0.4) is 0 Å². The summed E-state index contributed by atoms with van der Waals surface area (Å²) in [7, 11) is 0. The van der Waals surface area contributed by atoms with E-state index < -0.39 is 0 Å². The van der Waals surface area contributed by atoms with Crippen molar-refractivity contribution >= 4 is 22.4 Å². The minimum atomic E-state index is 0.443. The van der Waals surface area contributed by atoms with E-state index in [1.807, 2.05) is 29.2 Å². The maximum atomic E-state index is 5.45. The fourth-order valence-electron chi connectivity index (χ4n) is 4.58. The average molecular weight is 400 g/mol. The van der Waals surface area contributed by atoms with Gasteiger partial charge in [-0.05, 0) is 42.7 Å². The first-order valence-electron chi connectivity index (χ1n) is 10.6. The van der Waals surface area contributed by atoms with E-state index in [2.05, 4.69) is 50.5 Å². The molecule has 4 aromatic rings. The monoisotopic (exact) mass is 400 g/mol. The number of benzene rings is 1. The number of nitrogens with zero attached hydrogens (tertiary/aromatic N) is 5. The lowest BCUT2D eigenvalue weighted by molar-refractivity contribution is -0.00443. The Morgan fingerprint density at radius 3 is 2.83 bits per heavy atom. The van der Waals surface area contributed by atoms with E-state index in [-0.39, 0.29) is 0 Å². The molecule has 3 aromatic heterocycles. The summed E-state index contributed by atoms with van der Waals surface area (Å²) in [6, 6.07) is 13.6. The lowest BCUT2D eigenvalue weighted by atomic mass is 9.85. The molecule has 0 radical (unpaired) electrons. The number of rotatable bonds is 4. The van der Waals surface area contributed by atoms with Crippen LogP contribution in [0, 0.1) is 0 Å². The zero-order chi connectivity index (χ0) is 19.9. The number of fused-ring (bicyclic) bond motifs is 2. The molecule has 0 spiro atoms. The van der Waals surface area contributed by atoms with Gasteiger partial charge in [-0.25, -0.2) is 9.50 Å². The van der Waals surface area contributed by atoms with E-state index in [0.29, 0.717) is 18.0 Å². The molecule has 0 atom stereocenters. The summed E-state index contributed by atoms with van der Waals surface area (Å²) in [4.78, 5) is 11.5. The summed E-state index contributed by atoms with van der Waals surface area (Å²) in [5.74, 6) is 0.692. The highest BCUT2D eigenvalue weighted by Crippen LogP contribution is 2.30. The quantitative estimate of drug-likeness (QED) is 0.567. The summed E-state index contributed by atoms with van der Waals surface area (Å²) in [5.41, 5.74) is 4.28. The molecule has 7 heteroatoms. The van der Waals surface area contributed by atoms with Crippen LogP contribution in [-0.2, 0) is 4.74 Å². The zero-order valence-corrected chi connectivity index (χ0v) is 16.7. The van der Waals surface area contributed by atoms with Crippen LogP contribution in [-0.4, -0.2) is 62.9 Å². The van der Waals surface area contributed by atoms with Gasteiger partial charge in [-0.1, -0.05) is 12.1 Å². The maximum absolute atomic E-state index is 5.45. The molecule has 152 valence electrons. The Kier molecular flexibility index (Phi) is 4.35. The van der Waals surface area contributed by atoms with Gasteiger partial charge >= 0.3 is 0 Å². The van der Waals surface area contributed by atoms with Gasteiger partial charge in [0.2, 0.25) is 5.95 Å².